The van der Waals surface area contributed by atoms with Gasteiger partial charge in [0.25, 0.3) is 0 Å². The van der Waals surface area contributed by atoms with E-state index >= 15 is 0 Å². The van der Waals surface area contributed by atoms with Crippen LogP contribution in [0, 0.1) is 17.8 Å². The van der Waals surface area contributed by atoms with E-state index in [0.29, 0.717) is 37.9 Å². The molecule has 0 unspecified atom stereocenters. The maximum Gasteiger partial charge on any atom is 0.247 e. The van der Waals surface area contributed by atoms with Gasteiger partial charge in [-0.3, -0.25) is 19.6 Å². The minimum atomic E-state index is -0.882. The van der Waals surface area contributed by atoms with E-state index < -0.39 is 35.8 Å². The molecule has 192 valence electrons. The Hall–Kier alpha value is -3.43. The molecule has 4 rings (SSSR count). The third kappa shape index (κ3) is 5.52. The number of likely N-dealkylation sites (tertiary alicyclic amines) is 1. The van der Waals surface area contributed by atoms with Gasteiger partial charge in [-0.2, -0.15) is 0 Å². The molecule has 0 aromatic heterocycles. The minimum absolute atomic E-state index is 0.0421. The van der Waals surface area contributed by atoms with Crippen LogP contribution in [0.5, 0.6) is 5.75 Å². The van der Waals surface area contributed by atoms with Crippen molar-refractivity contribution in [3.8, 4) is 5.75 Å². The van der Waals surface area contributed by atoms with Gasteiger partial charge in [0, 0.05) is 26.4 Å². The summed E-state index contributed by atoms with van der Waals surface area (Å²) < 4.78 is 0. The SMILES string of the molecule is CC(=O)N1CCC([C@H](C(=O)NO)[C@@H](Cc2cccc(O)c2)C(=O)N[C@H]2c3ccccc3C[C@H]2O)CC1. The van der Waals surface area contributed by atoms with E-state index in [-0.39, 0.29) is 24.0 Å². The highest BCUT2D eigenvalue weighted by Gasteiger charge is 2.42. The number of carbonyl (C=O) groups is 3. The molecule has 9 heteroatoms. The quantitative estimate of drug-likeness (QED) is 0.293. The zero-order valence-corrected chi connectivity index (χ0v) is 20.3. The Morgan fingerprint density at radius 3 is 2.44 bits per heavy atom. The molecular weight excluding hydrogens is 462 g/mol. The van der Waals surface area contributed by atoms with Crippen LogP contribution in [-0.4, -0.2) is 57.2 Å². The largest absolute Gasteiger partial charge is 0.508 e. The lowest BCUT2D eigenvalue weighted by Crippen LogP contribution is -2.50. The van der Waals surface area contributed by atoms with Crippen LogP contribution in [0.25, 0.3) is 0 Å². The maximum atomic E-state index is 13.8. The first-order valence-corrected chi connectivity index (χ1v) is 12.3. The number of nitrogens with zero attached hydrogens (tertiary/aromatic N) is 1. The zero-order chi connectivity index (χ0) is 25.8. The number of aromatic hydroxyl groups is 1. The van der Waals surface area contributed by atoms with Gasteiger partial charge in [-0.15, -0.1) is 0 Å². The standard InChI is InChI=1S/C27H33N3O6/c1-16(31)30-11-9-18(10-12-30)24(27(35)29-36)22(14-17-5-4-7-20(32)13-17)26(34)28-25-21-8-3-2-6-19(21)15-23(25)33/h2-8,13,18,22-25,32-33,36H,9-12,14-15H2,1H3,(H,28,34)(H,29,35)/t22-,23-,24+,25+/m1/s1. The highest BCUT2D eigenvalue weighted by atomic mass is 16.5. The Bertz CT molecular complexity index is 1110. The molecule has 9 nitrogen and oxygen atoms in total. The topological polar surface area (TPSA) is 139 Å². The van der Waals surface area contributed by atoms with Crippen molar-refractivity contribution >= 4 is 17.7 Å². The molecule has 3 amide bonds. The Labute approximate surface area is 210 Å². The lowest BCUT2D eigenvalue weighted by atomic mass is 9.73. The molecule has 5 N–H and O–H groups in total. The Morgan fingerprint density at radius 2 is 1.78 bits per heavy atom. The monoisotopic (exact) mass is 495 g/mol. The van der Waals surface area contributed by atoms with Crippen molar-refractivity contribution in [2.24, 2.45) is 17.8 Å². The fraction of sp³-hybridized carbons (Fsp3) is 0.444. The normalized spacial score (nSPS) is 21.4. The lowest BCUT2D eigenvalue weighted by molar-refractivity contribution is -0.144. The predicted octanol–water partition coefficient (Wildman–Crippen LogP) is 1.71. The molecule has 0 spiro atoms. The fourth-order valence-electron chi connectivity index (χ4n) is 5.70. The number of aliphatic hydroxyl groups excluding tert-OH is 1. The van der Waals surface area contributed by atoms with Crippen molar-refractivity contribution in [1.82, 2.24) is 15.7 Å². The Morgan fingerprint density at radius 1 is 1.06 bits per heavy atom. The molecule has 2 aromatic carbocycles. The van der Waals surface area contributed by atoms with Crippen molar-refractivity contribution < 1.29 is 29.8 Å². The fourth-order valence-corrected chi connectivity index (χ4v) is 5.70. The first-order valence-electron chi connectivity index (χ1n) is 12.3. The minimum Gasteiger partial charge on any atom is -0.508 e. The van der Waals surface area contributed by atoms with Gasteiger partial charge in [0.15, 0.2) is 0 Å². The van der Waals surface area contributed by atoms with Gasteiger partial charge in [0.1, 0.15) is 5.75 Å². The average Bonchev–Trinajstić information content (AvgIpc) is 3.18. The number of benzene rings is 2. The molecule has 0 bridgehead atoms. The summed E-state index contributed by atoms with van der Waals surface area (Å²) in [6.07, 6.45) is 0.793. The number of hydrogen-bond donors (Lipinski definition) is 5. The molecule has 0 radical (unpaired) electrons. The van der Waals surface area contributed by atoms with Gasteiger partial charge in [0.05, 0.1) is 24.0 Å². The highest BCUT2D eigenvalue weighted by molar-refractivity contribution is 5.88. The number of amides is 3. The third-order valence-electron chi connectivity index (χ3n) is 7.54. The van der Waals surface area contributed by atoms with Gasteiger partial charge in [-0.1, -0.05) is 36.4 Å². The average molecular weight is 496 g/mol. The maximum absolute atomic E-state index is 13.8. The van der Waals surface area contributed by atoms with E-state index in [9.17, 15) is 29.8 Å². The summed E-state index contributed by atoms with van der Waals surface area (Å²) >= 11 is 0. The summed E-state index contributed by atoms with van der Waals surface area (Å²) in [5, 5.41) is 33.2. The third-order valence-corrected chi connectivity index (χ3v) is 7.54. The second kappa shape index (κ2) is 11.1. The van der Waals surface area contributed by atoms with Crippen molar-refractivity contribution in [2.45, 2.75) is 44.8 Å². The number of phenolic OH excluding ortho intramolecular Hbond substituents is 1. The first-order chi connectivity index (χ1) is 17.3. The molecule has 36 heavy (non-hydrogen) atoms. The molecule has 2 aromatic rings. The van der Waals surface area contributed by atoms with Crippen molar-refractivity contribution in [3.05, 3.63) is 65.2 Å². The van der Waals surface area contributed by atoms with Crippen molar-refractivity contribution in [2.75, 3.05) is 13.1 Å². The first kappa shape index (κ1) is 25.7. The molecule has 1 saturated heterocycles. The molecule has 1 fully saturated rings. The summed E-state index contributed by atoms with van der Waals surface area (Å²) in [4.78, 5) is 40.3. The van der Waals surface area contributed by atoms with Crippen LogP contribution in [-0.2, 0) is 27.2 Å². The predicted molar refractivity (Wildman–Crippen MR) is 131 cm³/mol. The summed E-state index contributed by atoms with van der Waals surface area (Å²) in [6.45, 7) is 2.43. The number of rotatable bonds is 7. The van der Waals surface area contributed by atoms with Crippen LogP contribution in [0.3, 0.4) is 0 Å². The summed E-state index contributed by atoms with van der Waals surface area (Å²) in [6, 6.07) is 13.4. The lowest BCUT2D eigenvalue weighted by Gasteiger charge is -2.38. The van der Waals surface area contributed by atoms with Crippen LogP contribution in [0.4, 0.5) is 0 Å². The van der Waals surface area contributed by atoms with E-state index in [4.69, 9.17) is 0 Å². The van der Waals surface area contributed by atoms with Crippen LogP contribution in [0.2, 0.25) is 0 Å². The smallest absolute Gasteiger partial charge is 0.247 e. The van der Waals surface area contributed by atoms with Gasteiger partial charge >= 0.3 is 0 Å². The Balaban J connectivity index is 1.64. The molecule has 1 aliphatic heterocycles. The molecular formula is C27H33N3O6. The van der Waals surface area contributed by atoms with Crippen LogP contribution < -0.4 is 10.8 Å². The van der Waals surface area contributed by atoms with E-state index in [1.807, 2.05) is 24.3 Å². The van der Waals surface area contributed by atoms with E-state index in [2.05, 4.69) is 5.32 Å². The summed E-state index contributed by atoms with van der Waals surface area (Å²) in [5.74, 6) is -3.08. The van der Waals surface area contributed by atoms with Gasteiger partial charge in [0.2, 0.25) is 17.7 Å². The van der Waals surface area contributed by atoms with Gasteiger partial charge in [-0.25, -0.2) is 5.48 Å². The van der Waals surface area contributed by atoms with Crippen molar-refractivity contribution in [3.63, 3.8) is 0 Å². The molecule has 1 heterocycles. The van der Waals surface area contributed by atoms with Crippen LogP contribution in [0.1, 0.15) is 42.5 Å². The molecule has 1 aliphatic carbocycles. The number of phenols is 1. The van der Waals surface area contributed by atoms with Crippen molar-refractivity contribution in [1.29, 1.82) is 0 Å². The van der Waals surface area contributed by atoms with Crippen LogP contribution in [0.15, 0.2) is 48.5 Å². The number of nitrogens with one attached hydrogen (secondary N) is 2. The number of hydrogen-bond acceptors (Lipinski definition) is 6. The summed E-state index contributed by atoms with van der Waals surface area (Å²) in [7, 11) is 0. The number of piperidine rings is 1. The zero-order valence-electron chi connectivity index (χ0n) is 20.3. The number of aliphatic hydroxyl groups is 1. The highest BCUT2D eigenvalue weighted by Crippen LogP contribution is 2.36. The molecule has 4 atom stereocenters. The number of carbonyl (C=O) groups excluding carboxylic acids is 3. The number of hydroxylamine groups is 1. The number of fused-ring (bicyclic) bond motifs is 1. The molecule has 2 aliphatic rings. The second-order valence-electron chi connectivity index (χ2n) is 9.78. The van der Waals surface area contributed by atoms with E-state index in [0.717, 1.165) is 11.1 Å². The van der Waals surface area contributed by atoms with Gasteiger partial charge < -0.3 is 20.4 Å². The second-order valence-corrected chi connectivity index (χ2v) is 9.78. The van der Waals surface area contributed by atoms with E-state index in [1.165, 1.54) is 13.0 Å². The summed E-state index contributed by atoms with van der Waals surface area (Å²) in [5.41, 5.74) is 4.21. The van der Waals surface area contributed by atoms with Gasteiger partial charge in [-0.05, 0) is 54.0 Å². The van der Waals surface area contributed by atoms with Crippen LogP contribution >= 0.6 is 0 Å². The molecule has 0 saturated carbocycles. The Kier molecular flexibility index (Phi) is 7.91. The van der Waals surface area contributed by atoms with E-state index in [1.54, 1.807) is 28.6 Å².